The molecule has 1 aliphatic heterocycles. The molecule has 5 rings (SSSR count). The summed E-state index contributed by atoms with van der Waals surface area (Å²) in [6.07, 6.45) is 1.22. The van der Waals surface area contributed by atoms with Crippen molar-refractivity contribution < 1.29 is 28.2 Å². The molecule has 0 saturated carbocycles. The molecule has 3 amide bonds. The Morgan fingerprint density at radius 1 is 0.932 bits per heavy atom. The largest absolute Gasteiger partial charge is 0.492 e. The molecule has 0 unspecified atom stereocenters. The quantitative estimate of drug-likeness (QED) is 0.116. The van der Waals surface area contributed by atoms with Crippen molar-refractivity contribution >= 4 is 46.4 Å². The molecule has 2 N–H and O–H groups in total. The lowest BCUT2D eigenvalue weighted by Crippen LogP contribution is -2.29. The molecule has 0 saturated heterocycles. The number of halogens is 2. The van der Waals surface area contributed by atoms with E-state index in [4.69, 9.17) is 21.1 Å². The number of amides is 3. The van der Waals surface area contributed by atoms with Gasteiger partial charge in [0.1, 0.15) is 35.6 Å². The van der Waals surface area contributed by atoms with Gasteiger partial charge in [0.25, 0.3) is 17.7 Å². The summed E-state index contributed by atoms with van der Waals surface area (Å²) in [6.45, 7) is 2.12. The highest BCUT2D eigenvalue weighted by Crippen LogP contribution is 2.37. The van der Waals surface area contributed by atoms with Crippen LogP contribution in [-0.4, -0.2) is 24.3 Å². The lowest BCUT2D eigenvalue weighted by atomic mass is 10.1. The highest BCUT2D eigenvalue weighted by molar-refractivity contribution is 6.35. The van der Waals surface area contributed by atoms with Crippen LogP contribution in [0.15, 0.2) is 96.7 Å². The van der Waals surface area contributed by atoms with E-state index in [0.29, 0.717) is 33.8 Å². The number of fused-ring (bicyclic) bond motifs is 1. The van der Waals surface area contributed by atoms with Gasteiger partial charge in [-0.15, -0.1) is 0 Å². The van der Waals surface area contributed by atoms with Gasteiger partial charge in [0.15, 0.2) is 0 Å². The minimum atomic E-state index is -0.697. The molecule has 0 bridgehead atoms. The van der Waals surface area contributed by atoms with Crippen LogP contribution in [0.3, 0.4) is 0 Å². The van der Waals surface area contributed by atoms with Gasteiger partial charge in [-0.2, -0.15) is 5.26 Å². The van der Waals surface area contributed by atoms with Gasteiger partial charge >= 0.3 is 0 Å². The van der Waals surface area contributed by atoms with Crippen molar-refractivity contribution in [3.63, 3.8) is 0 Å². The number of nitrogens with one attached hydrogen (secondary N) is 2. The standard InChI is InChI=1S/C33H24ClFN4O5/c1-2-43-30-16-23(10-12-28(30)39-32(41)25-8-3-4-9-26(25)33(39)42)37-18-21(17-36)31(40)38-24-11-13-29(27(34)15-24)44-19-20-6-5-7-22(35)14-20/h3-16,18,37H,2,19H2,1H3,(H,38,40)/b21-18+. The fourth-order valence-corrected chi connectivity index (χ4v) is 4.69. The van der Waals surface area contributed by atoms with Crippen molar-refractivity contribution in [3.05, 3.63) is 124 Å². The topological polar surface area (TPSA) is 121 Å². The number of ether oxygens (including phenoxy) is 2. The molecule has 1 heterocycles. The molecule has 1 aliphatic rings. The third kappa shape index (κ3) is 6.38. The zero-order chi connectivity index (χ0) is 31.2. The molecule has 0 spiro atoms. The maximum Gasteiger partial charge on any atom is 0.267 e. The van der Waals surface area contributed by atoms with Crippen LogP contribution in [0.2, 0.25) is 5.02 Å². The van der Waals surface area contributed by atoms with Gasteiger partial charge in [-0.25, -0.2) is 9.29 Å². The van der Waals surface area contributed by atoms with Gasteiger partial charge in [0.05, 0.1) is 28.4 Å². The van der Waals surface area contributed by atoms with E-state index in [0.717, 1.165) is 4.90 Å². The number of hydrogen-bond donors (Lipinski definition) is 2. The zero-order valence-corrected chi connectivity index (χ0v) is 24.0. The second-order valence-corrected chi connectivity index (χ2v) is 9.85. The Hall–Kier alpha value is -5.66. The van der Waals surface area contributed by atoms with Crippen LogP contribution in [0.25, 0.3) is 0 Å². The minimum Gasteiger partial charge on any atom is -0.492 e. The third-order valence-corrected chi connectivity index (χ3v) is 6.81. The molecule has 9 nitrogen and oxygen atoms in total. The SMILES string of the molecule is CCOc1cc(N/C=C(\C#N)C(=O)Nc2ccc(OCc3cccc(F)c3)c(Cl)c2)ccc1N1C(=O)c2ccccc2C1=O. The molecule has 0 aliphatic carbocycles. The average Bonchev–Trinajstić information content (AvgIpc) is 3.26. The third-order valence-electron chi connectivity index (χ3n) is 6.52. The lowest BCUT2D eigenvalue weighted by molar-refractivity contribution is -0.112. The number of nitriles is 1. The van der Waals surface area contributed by atoms with E-state index >= 15 is 0 Å². The van der Waals surface area contributed by atoms with Crippen LogP contribution in [0, 0.1) is 17.1 Å². The van der Waals surface area contributed by atoms with Crippen LogP contribution in [0.5, 0.6) is 11.5 Å². The van der Waals surface area contributed by atoms with Gasteiger partial charge in [0, 0.05) is 23.6 Å². The summed E-state index contributed by atoms with van der Waals surface area (Å²) in [4.78, 5) is 39.9. The number of carbonyl (C=O) groups is 3. The Bertz CT molecular complexity index is 1820. The Labute approximate surface area is 257 Å². The fourth-order valence-electron chi connectivity index (χ4n) is 4.45. The van der Waals surface area contributed by atoms with Gasteiger partial charge in [-0.05, 0) is 67.1 Å². The number of rotatable bonds is 10. The zero-order valence-electron chi connectivity index (χ0n) is 23.3. The Morgan fingerprint density at radius 2 is 1.66 bits per heavy atom. The molecule has 0 atom stereocenters. The van der Waals surface area contributed by atoms with Crippen LogP contribution in [-0.2, 0) is 11.4 Å². The van der Waals surface area contributed by atoms with E-state index in [1.807, 2.05) is 6.07 Å². The summed E-state index contributed by atoms with van der Waals surface area (Å²) >= 11 is 6.31. The molecule has 0 aromatic heterocycles. The first-order valence-corrected chi connectivity index (χ1v) is 13.8. The van der Waals surface area contributed by atoms with Crippen LogP contribution in [0.1, 0.15) is 33.2 Å². The highest BCUT2D eigenvalue weighted by Gasteiger charge is 2.37. The van der Waals surface area contributed by atoms with E-state index in [-0.39, 0.29) is 41.1 Å². The number of imide groups is 1. The molecule has 4 aromatic carbocycles. The van der Waals surface area contributed by atoms with Crippen molar-refractivity contribution in [3.8, 4) is 17.6 Å². The van der Waals surface area contributed by atoms with Crippen molar-refractivity contribution in [2.75, 3.05) is 22.1 Å². The maximum atomic E-state index is 13.4. The number of anilines is 3. The highest BCUT2D eigenvalue weighted by atomic mass is 35.5. The molecule has 0 radical (unpaired) electrons. The van der Waals surface area contributed by atoms with E-state index in [1.54, 1.807) is 73.7 Å². The first-order chi connectivity index (χ1) is 21.3. The summed E-state index contributed by atoms with van der Waals surface area (Å²) < 4.78 is 24.8. The van der Waals surface area contributed by atoms with Crippen LogP contribution < -0.4 is 25.0 Å². The molecule has 220 valence electrons. The number of carbonyl (C=O) groups excluding carboxylic acids is 3. The van der Waals surface area contributed by atoms with E-state index in [2.05, 4.69) is 10.6 Å². The van der Waals surface area contributed by atoms with Gasteiger partial charge in [0.2, 0.25) is 0 Å². The molecule has 11 heteroatoms. The van der Waals surface area contributed by atoms with Crippen molar-refractivity contribution in [2.24, 2.45) is 0 Å². The van der Waals surface area contributed by atoms with Crippen LogP contribution in [0.4, 0.5) is 21.5 Å². The summed E-state index contributed by atoms with van der Waals surface area (Å²) in [5, 5.41) is 15.3. The van der Waals surface area contributed by atoms with Crippen LogP contribution >= 0.6 is 11.6 Å². The van der Waals surface area contributed by atoms with Gasteiger partial charge in [-0.1, -0.05) is 35.9 Å². The summed E-state index contributed by atoms with van der Waals surface area (Å²) in [5.41, 5.74) is 2.03. The average molecular weight is 611 g/mol. The first-order valence-electron chi connectivity index (χ1n) is 13.4. The Balaban J connectivity index is 1.26. The minimum absolute atomic E-state index is 0.0977. The summed E-state index contributed by atoms with van der Waals surface area (Å²) in [6, 6.07) is 23.7. The molecule has 0 fully saturated rings. The predicted molar refractivity (Wildman–Crippen MR) is 163 cm³/mol. The molecule has 44 heavy (non-hydrogen) atoms. The maximum absolute atomic E-state index is 13.4. The molecular formula is C33H24ClFN4O5. The monoisotopic (exact) mass is 610 g/mol. The number of nitrogens with zero attached hydrogens (tertiary/aromatic N) is 2. The van der Waals surface area contributed by atoms with E-state index in [9.17, 15) is 24.0 Å². The van der Waals surface area contributed by atoms with Gasteiger partial charge in [-0.3, -0.25) is 14.4 Å². The van der Waals surface area contributed by atoms with Crippen molar-refractivity contribution in [1.29, 1.82) is 5.26 Å². The second kappa shape index (κ2) is 13.1. The summed E-state index contributed by atoms with van der Waals surface area (Å²) in [7, 11) is 0. The molecular weight excluding hydrogens is 587 g/mol. The summed E-state index contributed by atoms with van der Waals surface area (Å²) in [5.74, 6) is -1.39. The van der Waals surface area contributed by atoms with Gasteiger partial charge < -0.3 is 20.1 Å². The molecule has 4 aromatic rings. The first kappa shape index (κ1) is 29.8. The van der Waals surface area contributed by atoms with E-state index in [1.165, 1.54) is 24.4 Å². The smallest absolute Gasteiger partial charge is 0.267 e. The van der Waals surface area contributed by atoms with Crippen molar-refractivity contribution in [1.82, 2.24) is 0 Å². The predicted octanol–water partition coefficient (Wildman–Crippen LogP) is 6.72. The van der Waals surface area contributed by atoms with Crippen molar-refractivity contribution in [2.45, 2.75) is 13.5 Å². The lowest BCUT2D eigenvalue weighted by Gasteiger charge is -2.19. The second-order valence-electron chi connectivity index (χ2n) is 9.44. The number of hydrogen-bond acceptors (Lipinski definition) is 7. The Kier molecular flexibility index (Phi) is 8.88. The number of benzene rings is 4. The fraction of sp³-hybridized carbons (Fsp3) is 0.0909. The normalized spacial score (nSPS) is 12.4. The Morgan fingerprint density at radius 3 is 2.32 bits per heavy atom. The van der Waals surface area contributed by atoms with E-state index < -0.39 is 17.7 Å².